The van der Waals surface area contributed by atoms with Crippen molar-refractivity contribution in [1.29, 1.82) is 0 Å². The van der Waals surface area contributed by atoms with Crippen LogP contribution < -0.4 is 5.32 Å². The van der Waals surface area contributed by atoms with Crippen molar-refractivity contribution in [2.75, 3.05) is 11.9 Å². The van der Waals surface area contributed by atoms with Gasteiger partial charge in [-0.2, -0.15) is 5.10 Å². The summed E-state index contributed by atoms with van der Waals surface area (Å²) in [5.41, 5.74) is 2.31. The molecule has 130 valence electrons. The van der Waals surface area contributed by atoms with E-state index in [-0.39, 0.29) is 0 Å². The van der Waals surface area contributed by atoms with Crippen LogP contribution in [-0.2, 0) is 6.42 Å². The first kappa shape index (κ1) is 16.0. The van der Waals surface area contributed by atoms with Crippen molar-refractivity contribution in [3.63, 3.8) is 0 Å². The average Bonchev–Trinajstić information content (AvgIpc) is 3.34. The molecule has 3 aromatic heterocycles. The van der Waals surface area contributed by atoms with Gasteiger partial charge in [-0.1, -0.05) is 12.1 Å². The van der Waals surface area contributed by atoms with E-state index in [1.54, 1.807) is 24.8 Å². The average molecular weight is 345 g/mol. The fraction of sp³-hybridized carbons (Fsp3) is 0.158. The smallest absolute Gasteiger partial charge is 0.159 e. The van der Waals surface area contributed by atoms with Crippen molar-refractivity contribution in [2.45, 2.75) is 13.3 Å². The molecule has 3 heterocycles. The summed E-state index contributed by atoms with van der Waals surface area (Å²) in [6.07, 6.45) is 11.7. The predicted molar refractivity (Wildman–Crippen MR) is 99.6 cm³/mol. The summed E-state index contributed by atoms with van der Waals surface area (Å²) in [6, 6.07) is 10.3. The summed E-state index contributed by atoms with van der Waals surface area (Å²) in [5, 5.41) is 7.57. The number of nitrogens with zero attached hydrogens (tertiary/aromatic N) is 6. The molecule has 1 aromatic carbocycles. The molecule has 0 saturated heterocycles. The first-order valence-electron chi connectivity index (χ1n) is 8.45. The van der Waals surface area contributed by atoms with Gasteiger partial charge in [-0.25, -0.2) is 14.6 Å². The Morgan fingerprint density at radius 3 is 2.65 bits per heavy atom. The number of nitrogens with one attached hydrogen (secondary N) is 1. The molecule has 7 nitrogen and oxygen atoms in total. The molecule has 0 saturated carbocycles. The minimum atomic E-state index is 0.753. The largest absolute Gasteiger partial charge is 0.368 e. The van der Waals surface area contributed by atoms with Crippen LogP contribution in [0.3, 0.4) is 0 Å². The number of hydrogen-bond acceptors (Lipinski definition) is 5. The first-order valence-corrected chi connectivity index (χ1v) is 8.45. The van der Waals surface area contributed by atoms with Crippen LogP contribution >= 0.6 is 0 Å². The zero-order valence-corrected chi connectivity index (χ0v) is 14.4. The van der Waals surface area contributed by atoms with Crippen LogP contribution in [0.2, 0.25) is 0 Å². The van der Waals surface area contributed by atoms with E-state index in [4.69, 9.17) is 0 Å². The van der Waals surface area contributed by atoms with Crippen molar-refractivity contribution in [1.82, 2.24) is 29.3 Å². The topological polar surface area (TPSA) is 73.5 Å². The van der Waals surface area contributed by atoms with E-state index in [1.165, 1.54) is 5.56 Å². The van der Waals surface area contributed by atoms with Crippen LogP contribution in [0.1, 0.15) is 11.4 Å². The summed E-state index contributed by atoms with van der Waals surface area (Å²) in [5.74, 6) is 2.39. The molecule has 1 N–H and O–H groups in total. The number of hydrogen-bond donors (Lipinski definition) is 1. The molecule has 0 amide bonds. The Balaban J connectivity index is 1.37. The fourth-order valence-electron chi connectivity index (χ4n) is 2.75. The summed E-state index contributed by atoms with van der Waals surface area (Å²) in [7, 11) is 0. The van der Waals surface area contributed by atoms with E-state index in [1.807, 2.05) is 34.6 Å². The van der Waals surface area contributed by atoms with E-state index in [9.17, 15) is 0 Å². The third-order valence-corrected chi connectivity index (χ3v) is 4.12. The number of aromatic nitrogens is 6. The van der Waals surface area contributed by atoms with Crippen LogP contribution in [0.4, 0.5) is 5.82 Å². The van der Waals surface area contributed by atoms with Crippen LogP contribution in [0.25, 0.3) is 11.5 Å². The van der Waals surface area contributed by atoms with E-state index in [0.717, 1.165) is 36.1 Å². The molecular weight excluding hydrogens is 326 g/mol. The maximum absolute atomic E-state index is 4.59. The third-order valence-electron chi connectivity index (χ3n) is 4.12. The van der Waals surface area contributed by atoms with Crippen molar-refractivity contribution < 1.29 is 0 Å². The molecule has 0 aliphatic rings. The Morgan fingerprint density at radius 2 is 1.92 bits per heavy atom. The number of benzene rings is 1. The molecular formula is C19H19N7. The third kappa shape index (κ3) is 3.46. The first-order chi connectivity index (χ1) is 12.8. The highest BCUT2D eigenvalue weighted by Crippen LogP contribution is 2.11. The van der Waals surface area contributed by atoms with E-state index >= 15 is 0 Å². The number of rotatable bonds is 6. The quantitative estimate of drug-likeness (QED) is 0.582. The molecule has 0 atom stereocenters. The van der Waals surface area contributed by atoms with Gasteiger partial charge in [0.25, 0.3) is 0 Å². The van der Waals surface area contributed by atoms with Gasteiger partial charge in [0.15, 0.2) is 5.82 Å². The lowest BCUT2D eigenvalue weighted by Crippen LogP contribution is -2.09. The maximum Gasteiger partial charge on any atom is 0.159 e. The van der Waals surface area contributed by atoms with Gasteiger partial charge in [0.2, 0.25) is 0 Å². The van der Waals surface area contributed by atoms with Gasteiger partial charge >= 0.3 is 0 Å². The standard InChI is InChI=1S/C19H19N7/c1-15-21-10-12-25(15)19-14-20-13-18(24-19)22-9-7-16-3-5-17(6-4-16)26-11-2-8-23-26/h2-6,8,10-14H,7,9H2,1H3,(H,22,24). The fourth-order valence-corrected chi connectivity index (χ4v) is 2.75. The molecule has 0 fully saturated rings. The second-order valence-electron chi connectivity index (χ2n) is 5.90. The molecule has 4 aromatic rings. The maximum atomic E-state index is 4.59. The van der Waals surface area contributed by atoms with Crippen molar-refractivity contribution in [3.8, 4) is 11.5 Å². The second kappa shape index (κ2) is 7.18. The van der Waals surface area contributed by atoms with E-state index in [2.05, 4.69) is 49.6 Å². The zero-order chi connectivity index (χ0) is 17.8. The van der Waals surface area contributed by atoms with Crippen LogP contribution in [-0.4, -0.2) is 35.8 Å². The lowest BCUT2D eigenvalue weighted by atomic mass is 10.1. The lowest BCUT2D eigenvalue weighted by molar-refractivity contribution is 0.878. The van der Waals surface area contributed by atoms with E-state index in [0.29, 0.717) is 0 Å². The molecule has 0 spiro atoms. The molecule has 0 radical (unpaired) electrons. The molecule has 0 unspecified atom stereocenters. The summed E-state index contributed by atoms with van der Waals surface area (Å²) in [6.45, 7) is 2.72. The van der Waals surface area contributed by atoms with Gasteiger partial charge in [-0.3, -0.25) is 9.55 Å². The van der Waals surface area contributed by atoms with Crippen molar-refractivity contribution >= 4 is 5.82 Å². The Labute approximate surface area is 151 Å². The van der Waals surface area contributed by atoms with Gasteiger partial charge in [-0.15, -0.1) is 0 Å². The highest BCUT2D eigenvalue weighted by molar-refractivity contribution is 5.38. The Morgan fingerprint density at radius 1 is 1.04 bits per heavy atom. The number of imidazole rings is 1. The summed E-state index contributed by atoms with van der Waals surface area (Å²) in [4.78, 5) is 13.1. The molecule has 0 aliphatic heterocycles. The normalized spacial score (nSPS) is 10.8. The minimum absolute atomic E-state index is 0.753. The molecule has 26 heavy (non-hydrogen) atoms. The lowest BCUT2D eigenvalue weighted by Gasteiger charge is -2.09. The monoisotopic (exact) mass is 345 g/mol. The van der Waals surface area contributed by atoms with Gasteiger partial charge < -0.3 is 5.32 Å². The highest BCUT2D eigenvalue weighted by atomic mass is 15.3. The number of anilines is 1. The zero-order valence-electron chi connectivity index (χ0n) is 14.4. The number of aryl methyl sites for hydroxylation is 1. The van der Waals surface area contributed by atoms with E-state index < -0.39 is 0 Å². The molecule has 7 heteroatoms. The minimum Gasteiger partial charge on any atom is -0.368 e. The Hall–Kier alpha value is -3.48. The summed E-state index contributed by atoms with van der Waals surface area (Å²) < 4.78 is 3.76. The van der Waals surface area contributed by atoms with Crippen LogP contribution in [0.5, 0.6) is 0 Å². The van der Waals surface area contributed by atoms with Crippen molar-refractivity contribution in [3.05, 3.63) is 78.9 Å². The molecule has 0 bridgehead atoms. The SMILES string of the molecule is Cc1nccn1-c1cncc(NCCc2ccc(-n3cccn3)cc2)n1. The predicted octanol–water partition coefficient (Wildman–Crippen LogP) is 2.81. The van der Waals surface area contributed by atoms with Gasteiger partial charge in [-0.05, 0) is 37.1 Å². The van der Waals surface area contributed by atoms with Gasteiger partial charge in [0.1, 0.15) is 11.6 Å². The highest BCUT2D eigenvalue weighted by Gasteiger charge is 2.04. The summed E-state index contributed by atoms with van der Waals surface area (Å²) >= 11 is 0. The van der Waals surface area contributed by atoms with Gasteiger partial charge in [0, 0.05) is 31.3 Å². The molecule has 4 rings (SSSR count). The Bertz CT molecular complexity index is 971. The van der Waals surface area contributed by atoms with Crippen molar-refractivity contribution in [2.24, 2.45) is 0 Å². The molecule has 0 aliphatic carbocycles. The van der Waals surface area contributed by atoms with Gasteiger partial charge in [0.05, 0.1) is 18.1 Å². The van der Waals surface area contributed by atoms with Crippen LogP contribution in [0, 0.1) is 6.92 Å². The Kier molecular flexibility index (Phi) is 4.42. The van der Waals surface area contributed by atoms with Crippen LogP contribution in [0.15, 0.2) is 67.5 Å². The second-order valence-corrected chi connectivity index (χ2v) is 5.90.